The van der Waals surface area contributed by atoms with Crippen molar-refractivity contribution in [3.63, 3.8) is 0 Å². The third-order valence-electron chi connectivity index (χ3n) is 2.04. The molecule has 1 N–H and O–H groups in total. The lowest BCUT2D eigenvalue weighted by Crippen LogP contribution is -2.35. The number of hydrogen-bond acceptors (Lipinski definition) is 3. The highest BCUT2D eigenvalue weighted by molar-refractivity contribution is 5.66. The van der Waals surface area contributed by atoms with Crippen molar-refractivity contribution >= 4 is 5.97 Å². The second-order valence-corrected chi connectivity index (χ2v) is 3.81. The van der Waals surface area contributed by atoms with Crippen LogP contribution in [0, 0.1) is 5.92 Å². The van der Waals surface area contributed by atoms with Crippen LogP contribution in [0.1, 0.15) is 27.2 Å². The molecule has 14 heavy (non-hydrogen) atoms. The van der Waals surface area contributed by atoms with Crippen LogP contribution < -0.4 is 0 Å². The number of rotatable bonds is 5. The first kappa shape index (κ1) is 12.8. The average Bonchev–Trinajstić information content (AvgIpc) is 1.96. The van der Waals surface area contributed by atoms with Crippen LogP contribution in [-0.2, 0) is 9.53 Å². The van der Waals surface area contributed by atoms with Gasteiger partial charge in [0.25, 0.3) is 0 Å². The number of carbonyl (C=O) groups is 1. The van der Waals surface area contributed by atoms with Crippen molar-refractivity contribution in [2.45, 2.75) is 32.8 Å². The fraction of sp³-hybridized carbons (Fsp3) is 0.545. The summed E-state index contributed by atoms with van der Waals surface area (Å²) in [5, 5.41) is 9.07. The van der Waals surface area contributed by atoms with Gasteiger partial charge in [-0.2, -0.15) is 0 Å². The van der Waals surface area contributed by atoms with Crippen LogP contribution in [0.15, 0.2) is 25.0 Å². The molecule has 3 nitrogen and oxygen atoms in total. The van der Waals surface area contributed by atoms with Gasteiger partial charge in [0.2, 0.25) is 0 Å². The van der Waals surface area contributed by atoms with E-state index >= 15 is 0 Å². The average molecular weight is 198 g/mol. The summed E-state index contributed by atoms with van der Waals surface area (Å²) >= 11 is 0. The van der Waals surface area contributed by atoms with Crippen LogP contribution in [0.4, 0.5) is 0 Å². The molecule has 0 saturated carbocycles. The van der Waals surface area contributed by atoms with Gasteiger partial charge in [-0.25, -0.2) is 0 Å². The molecule has 0 aromatic heterocycles. The van der Waals surface area contributed by atoms with Gasteiger partial charge >= 0.3 is 5.97 Å². The van der Waals surface area contributed by atoms with E-state index in [9.17, 15) is 4.79 Å². The Bertz CT molecular complexity index is 241. The maximum Gasteiger partial charge on any atom is 0.303 e. The summed E-state index contributed by atoms with van der Waals surface area (Å²) in [6.45, 7) is 12.0. The molecule has 0 spiro atoms. The molecule has 1 unspecified atom stereocenters. The SMILES string of the molecule is C=CC(CC(=C)O)C(C)(C)OC(C)=O. The van der Waals surface area contributed by atoms with Crippen LogP contribution in [0.2, 0.25) is 0 Å². The largest absolute Gasteiger partial charge is 0.513 e. The van der Waals surface area contributed by atoms with Crippen LogP contribution in [0.3, 0.4) is 0 Å². The zero-order valence-electron chi connectivity index (χ0n) is 9.04. The summed E-state index contributed by atoms with van der Waals surface area (Å²) in [6.07, 6.45) is 2.01. The number of aliphatic hydroxyl groups excluding tert-OH is 1. The van der Waals surface area contributed by atoms with Crippen LogP contribution in [-0.4, -0.2) is 16.7 Å². The highest BCUT2D eigenvalue weighted by Gasteiger charge is 2.30. The van der Waals surface area contributed by atoms with Crippen molar-refractivity contribution in [3.8, 4) is 0 Å². The highest BCUT2D eigenvalue weighted by Crippen LogP contribution is 2.27. The molecule has 0 aliphatic rings. The summed E-state index contributed by atoms with van der Waals surface area (Å²) < 4.78 is 5.13. The molecule has 0 bridgehead atoms. The standard InChI is InChI=1S/C11H18O3/c1-6-10(7-8(2)12)11(4,5)14-9(3)13/h6,10,12H,1-2,7H2,3-5H3. The molecule has 0 aliphatic heterocycles. The Morgan fingerprint density at radius 2 is 2.14 bits per heavy atom. The van der Waals surface area contributed by atoms with Gasteiger partial charge in [0.15, 0.2) is 0 Å². The number of aliphatic hydroxyl groups is 1. The van der Waals surface area contributed by atoms with Crippen molar-refractivity contribution < 1.29 is 14.6 Å². The van der Waals surface area contributed by atoms with Gasteiger partial charge in [-0.05, 0) is 13.8 Å². The van der Waals surface area contributed by atoms with Gasteiger partial charge in [0, 0.05) is 19.3 Å². The number of allylic oxidation sites excluding steroid dienone is 1. The predicted octanol–water partition coefficient (Wildman–Crippen LogP) is 2.59. The summed E-state index contributed by atoms with van der Waals surface area (Å²) in [6, 6.07) is 0. The molecule has 1 atom stereocenters. The third kappa shape index (κ3) is 4.12. The van der Waals surface area contributed by atoms with Gasteiger partial charge in [-0.3, -0.25) is 4.79 Å². The molecule has 0 saturated heterocycles. The molecule has 0 aromatic rings. The highest BCUT2D eigenvalue weighted by atomic mass is 16.6. The second kappa shape index (κ2) is 4.84. The first-order valence-corrected chi connectivity index (χ1v) is 4.48. The Morgan fingerprint density at radius 1 is 1.64 bits per heavy atom. The van der Waals surface area contributed by atoms with E-state index in [-0.39, 0.29) is 17.6 Å². The van der Waals surface area contributed by atoms with E-state index in [4.69, 9.17) is 9.84 Å². The van der Waals surface area contributed by atoms with E-state index in [1.54, 1.807) is 19.9 Å². The minimum absolute atomic E-state index is 0.0649. The molecular weight excluding hydrogens is 180 g/mol. The van der Waals surface area contributed by atoms with Gasteiger partial charge in [-0.15, -0.1) is 6.58 Å². The molecule has 80 valence electrons. The van der Waals surface area contributed by atoms with Crippen molar-refractivity contribution in [3.05, 3.63) is 25.0 Å². The smallest absolute Gasteiger partial charge is 0.303 e. The molecule has 0 rings (SSSR count). The second-order valence-electron chi connectivity index (χ2n) is 3.81. The van der Waals surface area contributed by atoms with Gasteiger partial charge in [-0.1, -0.05) is 12.7 Å². The molecule has 0 fully saturated rings. The summed E-state index contributed by atoms with van der Waals surface area (Å²) in [5.41, 5.74) is -0.667. The third-order valence-corrected chi connectivity index (χ3v) is 2.04. The zero-order chi connectivity index (χ0) is 11.4. The van der Waals surface area contributed by atoms with E-state index in [0.717, 1.165) is 0 Å². The number of carbonyl (C=O) groups excluding carboxylic acids is 1. The predicted molar refractivity (Wildman–Crippen MR) is 55.9 cm³/mol. The van der Waals surface area contributed by atoms with Crippen LogP contribution in [0.5, 0.6) is 0 Å². The normalized spacial score (nSPS) is 13.1. The Balaban J connectivity index is 4.55. The molecule has 0 aromatic carbocycles. The number of hydrogen-bond donors (Lipinski definition) is 1. The lowest BCUT2D eigenvalue weighted by atomic mass is 9.87. The lowest BCUT2D eigenvalue weighted by Gasteiger charge is -2.31. The maximum atomic E-state index is 10.8. The van der Waals surface area contributed by atoms with E-state index in [2.05, 4.69) is 13.2 Å². The Labute approximate surface area is 85.1 Å². The zero-order valence-corrected chi connectivity index (χ0v) is 9.04. The van der Waals surface area contributed by atoms with Crippen molar-refractivity contribution in [2.24, 2.45) is 5.92 Å². The van der Waals surface area contributed by atoms with Crippen molar-refractivity contribution in [2.75, 3.05) is 0 Å². The minimum atomic E-state index is -0.667. The first-order chi connectivity index (χ1) is 6.29. The quantitative estimate of drug-likeness (QED) is 0.419. The van der Waals surface area contributed by atoms with E-state index in [1.165, 1.54) is 6.92 Å². The first-order valence-electron chi connectivity index (χ1n) is 4.48. The van der Waals surface area contributed by atoms with Crippen molar-refractivity contribution in [1.29, 1.82) is 0 Å². The van der Waals surface area contributed by atoms with Crippen molar-refractivity contribution in [1.82, 2.24) is 0 Å². The molecule has 0 amide bonds. The Kier molecular flexibility index (Phi) is 4.41. The maximum absolute atomic E-state index is 10.8. The Hall–Kier alpha value is -1.25. The summed E-state index contributed by atoms with van der Waals surface area (Å²) in [7, 11) is 0. The van der Waals surface area contributed by atoms with Crippen LogP contribution in [0.25, 0.3) is 0 Å². The molecule has 3 heteroatoms. The molecule has 0 aliphatic carbocycles. The fourth-order valence-corrected chi connectivity index (χ4v) is 1.31. The Morgan fingerprint density at radius 3 is 2.43 bits per heavy atom. The minimum Gasteiger partial charge on any atom is -0.513 e. The summed E-state index contributed by atoms with van der Waals surface area (Å²) in [4.78, 5) is 10.8. The molecule has 0 heterocycles. The van der Waals surface area contributed by atoms with Gasteiger partial charge < -0.3 is 9.84 Å². The monoisotopic (exact) mass is 198 g/mol. The topological polar surface area (TPSA) is 46.5 Å². The molecule has 0 radical (unpaired) electrons. The fourth-order valence-electron chi connectivity index (χ4n) is 1.31. The lowest BCUT2D eigenvalue weighted by molar-refractivity contribution is -0.157. The molecular formula is C11H18O3. The number of ether oxygens (including phenoxy) is 1. The van der Waals surface area contributed by atoms with E-state index in [0.29, 0.717) is 6.42 Å². The van der Waals surface area contributed by atoms with Gasteiger partial charge in [0.05, 0.1) is 5.76 Å². The summed E-state index contributed by atoms with van der Waals surface area (Å²) in [5.74, 6) is -0.413. The van der Waals surface area contributed by atoms with E-state index in [1.807, 2.05) is 0 Å². The van der Waals surface area contributed by atoms with Crippen LogP contribution >= 0.6 is 0 Å². The van der Waals surface area contributed by atoms with Gasteiger partial charge in [0.1, 0.15) is 5.60 Å². The van der Waals surface area contributed by atoms with E-state index < -0.39 is 5.60 Å². The number of esters is 1.